The second kappa shape index (κ2) is 16.2. The van der Waals surface area contributed by atoms with Gasteiger partial charge in [0.15, 0.2) is 0 Å². The Kier molecular flexibility index (Phi) is 15.8. The normalized spacial score (nSPS) is 12.3. The maximum Gasteiger partial charge on any atom is 0.265 e. The molecule has 2 N–H and O–H groups in total. The summed E-state index contributed by atoms with van der Waals surface area (Å²) in [5.74, 6) is -0.0949. The molecule has 1 amide bonds. The quantitative estimate of drug-likeness (QED) is 0.186. The number of hydrogen-bond donors (Lipinski definition) is 2. The predicted octanol–water partition coefficient (Wildman–Crippen LogP) is 4.16. The summed E-state index contributed by atoms with van der Waals surface area (Å²) in [6, 6.07) is 0. The minimum atomic E-state index is -3.88. The first-order chi connectivity index (χ1) is 13.2. The van der Waals surface area contributed by atoms with Crippen LogP contribution in [0.25, 0.3) is 0 Å². The maximum absolute atomic E-state index is 11.9. The van der Waals surface area contributed by atoms with E-state index in [4.69, 9.17) is 4.55 Å². The van der Waals surface area contributed by atoms with Gasteiger partial charge < -0.3 is 9.80 Å². The molecule has 0 spiro atoms. The van der Waals surface area contributed by atoms with Crippen molar-refractivity contribution in [3.8, 4) is 0 Å². The van der Waals surface area contributed by atoms with Crippen LogP contribution in [0.15, 0.2) is 0 Å². The molecule has 0 saturated heterocycles. The number of carbonyl (C=O) groups excluding carboxylic acids is 1. The molecule has 0 aliphatic rings. The Balaban J connectivity index is 3.52. The summed E-state index contributed by atoms with van der Waals surface area (Å²) >= 11 is 0. The Hall–Kier alpha value is -0.660. The zero-order valence-electron chi connectivity index (χ0n) is 18.5. The molecule has 0 aliphatic heterocycles. The average molecular weight is 422 g/mol. The largest absolute Gasteiger partial charge is 0.356 e. The molecule has 0 rings (SSSR count). The van der Waals surface area contributed by atoms with Gasteiger partial charge in [-0.2, -0.15) is 8.42 Å². The standard InChI is InChI=1S/C21H44N2O4S/c1-4-5-6-7-8-9-10-11-12-13-17-22-21(24)16-14-18-23(2,3)19-15-20-28(25,26)27/h4-20H2,1-3H3,(H-,22,24,25,26,27)/p+1. The van der Waals surface area contributed by atoms with Crippen molar-refractivity contribution in [3.05, 3.63) is 0 Å². The number of rotatable bonds is 19. The zero-order valence-corrected chi connectivity index (χ0v) is 19.4. The summed E-state index contributed by atoms with van der Waals surface area (Å²) in [4.78, 5) is 11.9. The number of quaternary nitrogens is 1. The molecule has 0 aromatic rings. The fourth-order valence-corrected chi connectivity index (χ4v) is 3.88. The second-order valence-electron chi connectivity index (χ2n) is 8.66. The average Bonchev–Trinajstić information content (AvgIpc) is 2.58. The van der Waals surface area contributed by atoms with Crippen molar-refractivity contribution in [2.75, 3.05) is 39.5 Å². The number of carbonyl (C=O) groups is 1. The lowest BCUT2D eigenvalue weighted by Crippen LogP contribution is -2.42. The highest BCUT2D eigenvalue weighted by Crippen LogP contribution is 2.10. The van der Waals surface area contributed by atoms with Gasteiger partial charge in [0.2, 0.25) is 5.91 Å². The Morgan fingerprint density at radius 1 is 0.821 bits per heavy atom. The molecule has 0 aromatic heterocycles. The van der Waals surface area contributed by atoms with Crippen molar-refractivity contribution in [1.82, 2.24) is 5.32 Å². The number of hydrogen-bond acceptors (Lipinski definition) is 3. The minimum Gasteiger partial charge on any atom is -0.356 e. The molecule has 0 radical (unpaired) electrons. The van der Waals surface area contributed by atoms with Crippen molar-refractivity contribution in [2.24, 2.45) is 0 Å². The molecule has 168 valence electrons. The van der Waals surface area contributed by atoms with Crippen LogP contribution < -0.4 is 5.32 Å². The van der Waals surface area contributed by atoms with E-state index in [1.807, 2.05) is 14.1 Å². The fraction of sp³-hybridized carbons (Fsp3) is 0.952. The van der Waals surface area contributed by atoms with Crippen molar-refractivity contribution in [2.45, 2.75) is 90.4 Å². The zero-order chi connectivity index (χ0) is 21.3. The Bertz CT molecular complexity index is 493. The van der Waals surface area contributed by atoms with Crippen molar-refractivity contribution in [3.63, 3.8) is 0 Å². The third-order valence-corrected chi connectivity index (χ3v) is 5.99. The monoisotopic (exact) mass is 421 g/mol. The fourth-order valence-electron chi connectivity index (χ4n) is 3.38. The molecular weight excluding hydrogens is 376 g/mol. The third kappa shape index (κ3) is 20.1. The highest BCUT2D eigenvalue weighted by Gasteiger charge is 2.17. The first kappa shape index (κ1) is 27.3. The van der Waals surface area contributed by atoms with Crippen LogP contribution in [0, 0.1) is 0 Å². The summed E-state index contributed by atoms with van der Waals surface area (Å²) in [5.41, 5.74) is 0. The highest BCUT2D eigenvalue weighted by atomic mass is 32.2. The Morgan fingerprint density at radius 3 is 1.86 bits per heavy atom. The van der Waals surface area contributed by atoms with Crippen LogP contribution in [0.4, 0.5) is 0 Å². The Morgan fingerprint density at radius 2 is 1.32 bits per heavy atom. The van der Waals surface area contributed by atoms with Crippen LogP contribution in [0.5, 0.6) is 0 Å². The predicted molar refractivity (Wildman–Crippen MR) is 117 cm³/mol. The summed E-state index contributed by atoms with van der Waals surface area (Å²) in [5, 5.41) is 3.00. The van der Waals surface area contributed by atoms with Crippen LogP contribution in [-0.2, 0) is 14.9 Å². The van der Waals surface area contributed by atoms with E-state index >= 15 is 0 Å². The van der Waals surface area contributed by atoms with Gasteiger partial charge >= 0.3 is 0 Å². The Labute approximate surface area is 173 Å². The SMILES string of the molecule is CCCCCCCCCCCCNC(=O)CCC[N+](C)(C)CCCS(=O)(=O)O. The van der Waals surface area contributed by atoms with E-state index in [1.165, 1.54) is 57.8 Å². The lowest BCUT2D eigenvalue weighted by molar-refractivity contribution is -0.890. The highest BCUT2D eigenvalue weighted by molar-refractivity contribution is 7.85. The number of amides is 1. The lowest BCUT2D eigenvalue weighted by atomic mass is 10.1. The van der Waals surface area contributed by atoms with E-state index < -0.39 is 10.1 Å². The van der Waals surface area contributed by atoms with Gasteiger partial charge in [0, 0.05) is 25.8 Å². The van der Waals surface area contributed by atoms with Crippen LogP contribution >= 0.6 is 0 Å². The van der Waals surface area contributed by atoms with Gasteiger partial charge in [0.25, 0.3) is 10.1 Å². The van der Waals surface area contributed by atoms with Gasteiger partial charge in [-0.1, -0.05) is 64.7 Å². The van der Waals surface area contributed by atoms with Gasteiger partial charge in [-0.05, 0) is 6.42 Å². The van der Waals surface area contributed by atoms with Gasteiger partial charge in [-0.25, -0.2) is 0 Å². The summed E-state index contributed by atoms with van der Waals surface area (Å²) in [7, 11) is 0.159. The lowest BCUT2D eigenvalue weighted by Gasteiger charge is -2.29. The molecule has 0 aromatic carbocycles. The van der Waals surface area contributed by atoms with Gasteiger partial charge in [-0.3, -0.25) is 9.35 Å². The molecule has 0 saturated carbocycles. The topological polar surface area (TPSA) is 83.5 Å². The van der Waals surface area contributed by atoms with E-state index in [2.05, 4.69) is 12.2 Å². The van der Waals surface area contributed by atoms with Crippen LogP contribution in [-0.4, -0.2) is 62.8 Å². The minimum absolute atomic E-state index is 0.105. The molecule has 28 heavy (non-hydrogen) atoms. The molecular formula is C21H45N2O4S+. The molecule has 0 heterocycles. The molecule has 0 bridgehead atoms. The molecule has 0 fully saturated rings. The van der Waals surface area contributed by atoms with Gasteiger partial charge in [-0.15, -0.1) is 0 Å². The second-order valence-corrected chi connectivity index (χ2v) is 10.2. The van der Waals surface area contributed by atoms with E-state index in [0.29, 0.717) is 23.9 Å². The smallest absolute Gasteiger partial charge is 0.265 e. The molecule has 6 nitrogen and oxygen atoms in total. The van der Waals surface area contributed by atoms with Crippen molar-refractivity contribution < 1.29 is 22.2 Å². The molecule has 7 heteroatoms. The molecule has 0 unspecified atom stereocenters. The number of nitrogens with one attached hydrogen (secondary N) is 1. The van der Waals surface area contributed by atoms with Crippen molar-refractivity contribution in [1.29, 1.82) is 0 Å². The van der Waals surface area contributed by atoms with Crippen molar-refractivity contribution >= 4 is 16.0 Å². The third-order valence-electron chi connectivity index (χ3n) is 5.19. The summed E-state index contributed by atoms with van der Waals surface area (Å²) in [6.45, 7) is 4.50. The first-order valence-electron chi connectivity index (χ1n) is 11.2. The molecule has 0 atom stereocenters. The van der Waals surface area contributed by atoms with Crippen LogP contribution in [0.3, 0.4) is 0 Å². The summed E-state index contributed by atoms with van der Waals surface area (Å²) < 4.78 is 31.0. The van der Waals surface area contributed by atoms with Crippen LogP contribution in [0.2, 0.25) is 0 Å². The van der Waals surface area contributed by atoms with Crippen LogP contribution in [0.1, 0.15) is 90.4 Å². The van der Waals surface area contributed by atoms with Gasteiger partial charge in [0.1, 0.15) is 0 Å². The van der Waals surface area contributed by atoms with E-state index in [1.54, 1.807) is 0 Å². The summed E-state index contributed by atoms with van der Waals surface area (Å²) in [6.07, 6.45) is 14.7. The first-order valence-corrected chi connectivity index (χ1v) is 12.8. The molecule has 0 aliphatic carbocycles. The maximum atomic E-state index is 11.9. The van der Waals surface area contributed by atoms with E-state index in [9.17, 15) is 13.2 Å². The van der Waals surface area contributed by atoms with Gasteiger partial charge in [0.05, 0.1) is 32.9 Å². The van der Waals surface area contributed by atoms with E-state index in [0.717, 1.165) is 25.9 Å². The number of nitrogens with zero attached hydrogens (tertiary/aromatic N) is 1. The number of unbranched alkanes of at least 4 members (excludes halogenated alkanes) is 9. The van der Waals surface area contributed by atoms with E-state index in [-0.39, 0.29) is 11.7 Å².